The molecule has 2 heterocycles. The van der Waals surface area contributed by atoms with Crippen LogP contribution in [0.5, 0.6) is 0 Å². The zero-order chi connectivity index (χ0) is 13.2. The first-order chi connectivity index (χ1) is 9.22. The van der Waals surface area contributed by atoms with Crippen LogP contribution in [0.25, 0.3) is 10.6 Å². The van der Waals surface area contributed by atoms with Gasteiger partial charge in [0, 0.05) is 30.6 Å². The number of aliphatic hydroxyl groups is 2. The average molecular weight is 276 g/mol. The molecule has 2 atom stereocenters. The predicted molar refractivity (Wildman–Crippen MR) is 74.8 cm³/mol. The van der Waals surface area contributed by atoms with Crippen LogP contribution < -0.4 is 0 Å². The minimum Gasteiger partial charge on any atom is -0.389 e. The quantitative estimate of drug-likeness (QED) is 0.888. The highest BCUT2D eigenvalue weighted by atomic mass is 32.1. The summed E-state index contributed by atoms with van der Waals surface area (Å²) in [6.45, 7) is 1.70. The predicted octanol–water partition coefficient (Wildman–Crippen LogP) is 1.35. The highest BCUT2D eigenvalue weighted by Crippen LogP contribution is 2.24. The number of aromatic nitrogens is 1. The van der Waals surface area contributed by atoms with E-state index in [2.05, 4.69) is 4.98 Å². The Kier molecular flexibility index (Phi) is 3.61. The molecule has 4 nitrogen and oxygen atoms in total. The van der Waals surface area contributed by atoms with E-state index < -0.39 is 12.2 Å². The van der Waals surface area contributed by atoms with Crippen LogP contribution in [0.15, 0.2) is 35.7 Å². The van der Waals surface area contributed by atoms with E-state index in [-0.39, 0.29) is 0 Å². The third-order valence-corrected chi connectivity index (χ3v) is 4.23. The summed E-state index contributed by atoms with van der Waals surface area (Å²) < 4.78 is 0. The van der Waals surface area contributed by atoms with Crippen molar-refractivity contribution in [3.05, 3.63) is 41.4 Å². The van der Waals surface area contributed by atoms with E-state index >= 15 is 0 Å². The number of thiazole rings is 1. The molecule has 19 heavy (non-hydrogen) atoms. The number of nitrogens with zero attached hydrogens (tertiary/aromatic N) is 2. The van der Waals surface area contributed by atoms with Crippen molar-refractivity contribution in [3.8, 4) is 10.6 Å². The SMILES string of the molecule is OC1CN(Cc2csc(-c3ccccc3)n2)CC1O. The van der Waals surface area contributed by atoms with Gasteiger partial charge < -0.3 is 10.2 Å². The molecule has 0 amide bonds. The number of benzene rings is 1. The Hall–Kier alpha value is -1.27. The van der Waals surface area contributed by atoms with E-state index in [1.54, 1.807) is 11.3 Å². The van der Waals surface area contributed by atoms with E-state index in [0.29, 0.717) is 19.6 Å². The number of rotatable bonds is 3. The van der Waals surface area contributed by atoms with Gasteiger partial charge in [0.25, 0.3) is 0 Å². The molecule has 0 radical (unpaired) electrons. The van der Waals surface area contributed by atoms with Crippen molar-refractivity contribution < 1.29 is 10.2 Å². The first kappa shape index (κ1) is 12.7. The highest BCUT2D eigenvalue weighted by molar-refractivity contribution is 7.13. The lowest BCUT2D eigenvalue weighted by Gasteiger charge is -2.12. The normalized spacial score (nSPS) is 23.9. The summed E-state index contributed by atoms with van der Waals surface area (Å²) in [4.78, 5) is 6.63. The molecule has 0 spiro atoms. The van der Waals surface area contributed by atoms with Gasteiger partial charge in [0.1, 0.15) is 5.01 Å². The van der Waals surface area contributed by atoms with Gasteiger partial charge in [0.15, 0.2) is 0 Å². The van der Waals surface area contributed by atoms with Crippen molar-refractivity contribution in [3.63, 3.8) is 0 Å². The molecular formula is C14H16N2O2S. The number of β-amino-alcohol motifs (C(OH)–C–C–N with tert-alkyl or cyclic N) is 2. The molecule has 1 aromatic carbocycles. The number of aliphatic hydroxyl groups excluding tert-OH is 2. The molecule has 2 unspecified atom stereocenters. The van der Waals surface area contributed by atoms with Crippen molar-refractivity contribution in [1.82, 2.24) is 9.88 Å². The van der Waals surface area contributed by atoms with Crippen molar-refractivity contribution in [2.45, 2.75) is 18.8 Å². The number of hydrogen-bond donors (Lipinski definition) is 2. The van der Waals surface area contributed by atoms with Crippen LogP contribution in [0.3, 0.4) is 0 Å². The fraction of sp³-hybridized carbons (Fsp3) is 0.357. The summed E-state index contributed by atoms with van der Waals surface area (Å²) in [6.07, 6.45) is -1.26. The third-order valence-electron chi connectivity index (χ3n) is 3.29. The van der Waals surface area contributed by atoms with Crippen molar-refractivity contribution in [2.75, 3.05) is 13.1 Å². The van der Waals surface area contributed by atoms with Crippen LogP contribution in [-0.2, 0) is 6.54 Å². The van der Waals surface area contributed by atoms with Gasteiger partial charge in [-0.2, -0.15) is 0 Å². The standard InChI is InChI=1S/C14H16N2O2S/c17-12-7-16(8-13(12)18)6-11-9-19-14(15-11)10-4-2-1-3-5-10/h1-5,9,12-13,17-18H,6-8H2. The van der Waals surface area contributed by atoms with Crippen molar-refractivity contribution >= 4 is 11.3 Å². The fourth-order valence-corrected chi connectivity index (χ4v) is 3.12. The minimum atomic E-state index is -0.632. The smallest absolute Gasteiger partial charge is 0.123 e. The Morgan fingerprint density at radius 3 is 2.53 bits per heavy atom. The largest absolute Gasteiger partial charge is 0.389 e. The maximum absolute atomic E-state index is 9.52. The van der Waals surface area contributed by atoms with E-state index in [9.17, 15) is 10.2 Å². The van der Waals surface area contributed by atoms with Gasteiger partial charge >= 0.3 is 0 Å². The summed E-state index contributed by atoms with van der Waals surface area (Å²) in [5.41, 5.74) is 2.12. The summed E-state index contributed by atoms with van der Waals surface area (Å²) in [7, 11) is 0. The molecular weight excluding hydrogens is 260 g/mol. The maximum atomic E-state index is 9.52. The summed E-state index contributed by atoms with van der Waals surface area (Å²) in [5, 5.41) is 22.1. The Bertz CT molecular complexity index is 533. The first-order valence-electron chi connectivity index (χ1n) is 6.30. The van der Waals surface area contributed by atoms with Crippen LogP contribution in [0.1, 0.15) is 5.69 Å². The van der Waals surface area contributed by atoms with Gasteiger partial charge in [-0.25, -0.2) is 4.98 Å². The summed E-state index contributed by atoms with van der Waals surface area (Å²) in [6, 6.07) is 10.1. The van der Waals surface area contributed by atoms with Crippen LogP contribution in [0, 0.1) is 0 Å². The molecule has 2 aromatic rings. The average Bonchev–Trinajstić information content (AvgIpc) is 2.99. The van der Waals surface area contributed by atoms with E-state index in [1.807, 2.05) is 40.6 Å². The van der Waals surface area contributed by atoms with Crippen LogP contribution >= 0.6 is 11.3 Å². The molecule has 3 rings (SSSR count). The first-order valence-corrected chi connectivity index (χ1v) is 7.18. The molecule has 2 N–H and O–H groups in total. The Balaban J connectivity index is 1.69. The molecule has 5 heteroatoms. The molecule has 1 aliphatic rings. The van der Waals surface area contributed by atoms with Gasteiger partial charge in [-0.1, -0.05) is 30.3 Å². The molecule has 0 saturated carbocycles. The molecule has 0 bridgehead atoms. The molecule has 1 fully saturated rings. The monoisotopic (exact) mass is 276 g/mol. The van der Waals surface area contributed by atoms with Crippen LogP contribution in [-0.4, -0.2) is 45.4 Å². The van der Waals surface area contributed by atoms with Gasteiger partial charge in [-0.05, 0) is 0 Å². The lowest BCUT2D eigenvalue weighted by molar-refractivity contribution is 0.0572. The van der Waals surface area contributed by atoms with Gasteiger partial charge in [-0.15, -0.1) is 11.3 Å². The Morgan fingerprint density at radius 1 is 1.16 bits per heavy atom. The molecule has 0 aliphatic carbocycles. The molecule has 1 aliphatic heterocycles. The second-order valence-electron chi connectivity index (χ2n) is 4.84. The van der Waals surface area contributed by atoms with Gasteiger partial charge in [0.2, 0.25) is 0 Å². The lowest BCUT2D eigenvalue weighted by Crippen LogP contribution is -2.22. The molecule has 1 saturated heterocycles. The second kappa shape index (κ2) is 5.38. The van der Waals surface area contributed by atoms with Crippen molar-refractivity contribution in [2.24, 2.45) is 0 Å². The van der Waals surface area contributed by atoms with Crippen LogP contribution in [0.4, 0.5) is 0 Å². The highest BCUT2D eigenvalue weighted by Gasteiger charge is 2.29. The topological polar surface area (TPSA) is 56.6 Å². The minimum absolute atomic E-state index is 0.513. The number of hydrogen-bond acceptors (Lipinski definition) is 5. The molecule has 100 valence electrons. The summed E-state index contributed by atoms with van der Waals surface area (Å²) >= 11 is 1.62. The maximum Gasteiger partial charge on any atom is 0.123 e. The second-order valence-corrected chi connectivity index (χ2v) is 5.70. The number of likely N-dealkylation sites (tertiary alicyclic amines) is 1. The van der Waals surface area contributed by atoms with Gasteiger partial charge in [0.05, 0.1) is 17.9 Å². The zero-order valence-electron chi connectivity index (χ0n) is 10.4. The molecule has 1 aromatic heterocycles. The summed E-state index contributed by atoms with van der Waals surface area (Å²) in [5.74, 6) is 0. The lowest BCUT2D eigenvalue weighted by atomic mass is 10.2. The Morgan fingerprint density at radius 2 is 1.84 bits per heavy atom. The van der Waals surface area contributed by atoms with E-state index in [4.69, 9.17) is 0 Å². The fourth-order valence-electron chi connectivity index (χ4n) is 2.30. The van der Waals surface area contributed by atoms with E-state index in [1.165, 1.54) is 0 Å². The van der Waals surface area contributed by atoms with E-state index in [0.717, 1.165) is 16.3 Å². The van der Waals surface area contributed by atoms with Gasteiger partial charge in [-0.3, -0.25) is 4.90 Å². The zero-order valence-corrected chi connectivity index (χ0v) is 11.3. The third kappa shape index (κ3) is 2.84. The Labute approximate surface area is 116 Å². The van der Waals surface area contributed by atoms with Crippen LogP contribution in [0.2, 0.25) is 0 Å². The van der Waals surface area contributed by atoms with Crippen molar-refractivity contribution in [1.29, 1.82) is 0 Å².